The molecular weight excluding hydrogens is 436 g/mol. The van der Waals surface area contributed by atoms with E-state index in [0.717, 1.165) is 16.0 Å². The van der Waals surface area contributed by atoms with Crippen LogP contribution in [0.4, 0.5) is 0 Å². The molecule has 0 aliphatic carbocycles. The van der Waals surface area contributed by atoms with Crippen LogP contribution in [0.25, 0.3) is 0 Å². The van der Waals surface area contributed by atoms with E-state index in [4.69, 9.17) is 9.47 Å². The molecule has 2 heterocycles. The van der Waals surface area contributed by atoms with Gasteiger partial charge in [-0.05, 0) is 62.0 Å². The fraction of sp³-hybridized carbons (Fsp3) is 0.308. The Morgan fingerprint density at radius 1 is 1.00 bits per heavy atom. The zero-order valence-electron chi connectivity index (χ0n) is 19.1. The second-order valence-electron chi connectivity index (χ2n) is 8.41. The van der Waals surface area contributed by atoms with Crippen molar-refractivity contribution in [1.82, 2.24) is 9.80 Å². The van der Waals surface area contributed by atoms with Crippen molar-refractivity contribution in [2.75, 3.05) is 13.3 Å². The maximum atomic E-state index is 13.5. The number of amides is 2. The first-order chi connectivity index (χ1) is 15.9. The third-order valence-corrected chi connectivity index (χ3v) is 6.44. The van der Waals surface area contributed by atoms with Gasteiger partial charge in [-0.25, -0.2) is 0 Å². The smallest absolute Gasteiger partial charge is 0.254 e. The lowest BCUT2D eigenvalue weighted by Crippen LogP contribution is -2.45. The van der Waals surface area contributed by atoms with E-state index in [2.05, 4.69) is 0 Å². The molecule has 1 aromatic heterocycles. The van der Waals surface area contributed by atoms with Gasteiger partial charge < -0.3 is 19.3 Å². The molecule has 0 spiro atoms. The Morgan fingerprint density at radius 2 is 1.76 bits per heavy atom. The van der Waals surface area contributed by atoms with Gasteiger partial charge in [-0.3, -0.25) is 9.59 Å². The summed E-state index contributed by atoms with van der Waals surface area (Å²) in [5.41, 5.74) is 2.62. The Balaban J connectivity index is 1.54. The minimum atomic E-state index is -0.141. The molecule has 33 heavy (non-hydrogen) atoms. The molecule has 0 unspecified atom stereocenters. The predicted molar refractivity (Wildman–Crippen MR) is 128 cm³/mol. The number of rotatable bonds is 8. The molecule has 0 N–H and O–H groups in total. The number of hydrogen-bond acceptors (Lipinski definition) is 5. The van der Waals surface area contributed by atoms with Gasteiger partial charge in [0.05, 0.1) is 6.54 Å². The minimum Gasteiger partial charge on any atom is -0.454 e. The van der Waals surface area contributed by atoms with Gasteiger partial charge in [0.15, 0.2) is 11.5 Å². The number of ether oxygens (including phenoxy) is 2. The summed E-state index contributed by atoms with van der Waals surface area (Å²) in [5.74, 6) is 1.16. The molecule has 0 saturated carbocycles. The summed E-state index contributed by atoms with van der Waals surface area (Å²) in [6.45, 7) is 6.97. The van der Waals surface area contributed by atoms with Gasteiger partial charge in [0.2, 0.25) is 12.7 Å². The van der Waals surface area contributed by atoms with Crippen molar-refractivity contribution in [3.05, 3.63) is 81.5 Å². The molecule has 4 rings (SSSR count). The predicted octanol–water partition coefficient (Wildman–Crippen LogP) is 4.86. The Hall–Kier alpha value is -3.32. The minimum absolute atomic E-state index is 0.0142. The fourth-order valence-corrected chi connectivity index (χ4v) is 4.40. The van der Waals surface area contributed by atoms with E-state index in [0.29, 0.717) is 30.2 Å². The first kappa shape index (κ1) is 22.9. The second-order valence-corrected chi connectivity index (χ2v) is 9.44. The van der Waals surface area contributed by atoms with Crippen LogP contribution in [0.15, 0.2) is 60.0 Å². The van der Waals surface area contributed by atoms with E-state index in [1.165, 1.54) is 0 Å². The number of aryl methyl sites for hydroxylation is 1. The third kappa shape index (κ3) is 5.54. The first-order valence-corrected chi connectivity index (χ1v) is 11.8. The molecular formula is C26H28N2O4S. The van der Waals surface area contributed by atoms with Gasteiger partial charge >= 0.3 is 0 Å². The highest BCUT2D eigenvalue weighted by atomic mass is 32.1. The Kier molecular flexibility index (Phi) is 6.99. The van der Waals surface area contributed by atoms with Crippen molar-refractivity contribution in [2.45, 2.75) is 39.9 Å². The van der Waals surface area contributed by atoms with E-state index >= 15 is 0 Å². The number of benzene rings is 2. The number of thiophene rings is 1. The van der Waals surface area contributed by atoms with Crippen LogP contribution in [0, 0.1) is 6.92 Å². The number of hydrogen-bond donors (Lipinski definition) is 0. The molecule has 2 amide bonds. The lowest BCUT2D eigenvalue weighted by molar-refractivity contribution is -0.133. The number of carbonyl (C=O) groups is 2. The fourth-order valence-electron chi connectivity index (χ4n) is 3.68. The summed E-state index contributed by atoms with van der Waals surface area (Å²) in [7, 11) is 0. The summed E-state index contributed by atoms with van der Waals surface area (Å²) in [5, 5.41) is 2.00. The van der Waals surface area contributed by atoms with Crippen LogP contribution in [-0.4, -0.2) is 41.0 Å². The standard InChI is InChI=1S/C26H28N2O4S/c1-18(2)28(26(30)21-9-6-19(3)7-10-21)16-25(29)27(15-22-5-4-12-33-22)14-20-8-11-23-24(13-20)32-17-31-23/h4-13,18H,14-17H2,1-3H3. The summed E-state index contributed by atoms with van der Waals surface area (Å²) in [6, 6.07) is 17.1. The van der Waals surface area contributed by atoms with E-state index < -0.39 is 0 Å². The molecule has 1 aliphatic rings. The summed E-state index contributed by atoms with van der Waals surface area (Å²) < 4.78 is 10.9. The Labute approximate surface area is 198 Å². The van der Waals surface area contributed by atoms with E-state index in [1.807, 2.05) is 80.7 Å². The second kappa shape index (κ2) is 10.1. The normalized spacial score (nSPS) is 12.1. The number of carbonyl (C=O) groups excluding carboxylic acids is 2. The molecule has 3 aromatic rings. The van der Waals surface area contributed by atoms with E-state index in [1.54, 1.807) is 21.1 Å². The number of nitrogens with zero attached hydrogens (tertiary/aromatic N) is 2. The molecule has 1 aliphatic heterocycles. The molecule has 0 bridgehead atoms. The Bertz CT molecular complexity index is 1110. The monoisotopic (exact) mass is 464 g/mol. The lowest BCUT2D eigenvalue weighted by atomic mass is 10.1. The highest BCUT2D eigenvalue weighted by Gasteiger charge is 2.25. The van der Waals surface area contributed by atoms with Crippen LogP contribution < -0.4 is 9.47 Å². The van der Waals surface area contributed by atoms with Crippen LogP contribution in [0.1, 0.15) is 40.2 Å². The van der Waals surface area contributed by atoms with Gasteiger partial charge in [-0.1, -0.05) is 29.8 Å². The molecule has 7 heteroatoms. The average Bonchev–Trinajstić information content (AvgIpc) is 3.48. The van der Waals surface area contributed by atoms with Crippen LogP contribution in [-0.2, 0) is 17.9 Å². The maximum Gasteiger partial charge on any atom is 0.254 e. The number of fused-ring (bicyclic) bond motifs is 1. The first-order valence-electron chi connectivity index (χ1n) is 11.0. The van der Waals surface area contributed by atoms with Crippen molar-refractivity contribution in [2.24, 2.45) is 0 Å². The van der Waals surface area contributed by atoms with Crippen molar-refractivity contribution < 1.29 is 19.1 Å². The SMILES string of the molecule is Cc1ccc(C(=O)N(CC(=O)N(Cc2ccc3c(c2)OCO3)Cc2cccs2)C(C)C)cc1. The van der Waals surface area contributed by atoms with Gasteiger partial charge in [-0.15, -0.1) is 11.3 Å². The van der Waals surface area contributed by atoms with Gasteiger partial charge in [0, 0.05) is 23.0 Å². The highest BCUT2D eigenvalue weighted by molar-refractivity contribution is 7.09. The zero-order chi connectivity index (χ0) is 23.4. The summed E-state index contributed by atoms with van der Waals surface area (Å²) in [4.78, 5) is 31.2. The van der Waals surface area contributed by atoms with Crippen LogP contribution >= 0.6 is 11.3 Å². The van der Waals surface area contributed by atoms with E-state index in [-0.39, 0.29) is 31.2 Å². The van der Waals surface area contributed by atoms with E-state index in [9.17, 15) is 9.59 Å². The average molecular weight is 465 g/mol. The van der Waals surface area contributed by atoms with Crippen molar-refractivity contribution in [3.63, 3.8) is 0 Å². The lowest BCUT2D eigenvalue weighted by Gasteiger charge is -2.30. The molecule has 0 fully saturated rings. The van der Waals surface area contributed by atoms with Gasteiger partial charge in [0.1, 0.15) is 6.54 Å². The van der Waals surface area contributed by atoms with Gasteiger partial charge in [-0.2, -0.15) is 0 Å². The van der Waals surface area contributed by atoms with Crippen LogP contribution in [0.2, 0.25) is 0 Å². The zero-order valence-corrected chi connectivity index (χ0v) is 19.9. The molecule has 6 nitrogen and oxygen atoms in total. The molecule has 0 saturated heterocycles. The molecule has 172 valence electrons. The topological polar surface area (TPSA) is 59.1 Å². The van der Waals surface area contributed by atoms with Crippen LogP contribution in [0.5, 0.6) is 11.5 Å². The van der Waals surface area contributed by atoms with Crippen molar-refractivity contribution in [1.29, 1.82) is 0 Å². The molecule has 2 aromatic carbocycles. The molecule has 0 radical (unpaired) electrons. The quantitative estimate of drug-likeness (QED) is 0.478. The van der Waals surface area contributed by atoms with Crippen molar-refractivity contribution in [3.8, 4) is 11.5 Å². The van der Waals surface area contributed by atoms with Gasteiger partial charge in [0.25, 0.3) is 5.91 Å². The highest BCUT2D eigenvalue weighted by Crippen LogP contribution is 2.33. The Morgan fingerprint density at radius 3 is 2.45 bits per heavy atom. The third-order valence-electron chi connectivity index (χ3n) is 5.58. The largest absolute Gasteiger partial charge is 0.454 e. The van der Waals surface area contributed by atoms with Crippen molar-refractivity contribution >= 4 is 23.2 Å². The maximum absolute atomic E-state index is 13.5. The molecule has 0 atom stereocenters. The summed E-state index contributed by atoms with van der Waals surface area (Å²) >= 11 is 1.61. The summed E-state index contributed by atoms with van der Waals surface area (Å²) in [6.07, 6.45) is 0. The van der Waals surface area contributed by atoms with Crippen LogP contribution in [0.3, 0.4) is 0 Å².